The smallest absolute Gasteiger partial charge is 0.0802 e. The van der Waals surface area contributed by atoms with E-state index in [1.807, 2.05) is 0 Å². The molecule has 2 atom stereocenters. The highest BCUT2D eigenvalue weighted by Crippen LogP contribution is 2.37. The molecule has 0 bridgehead atoms. The minimum absolute atomic E-state index is 0.265. The Morgan fingerprint density at radius 2 is 1.64 bits per heavy atom. The van der Waals surface area contributed by atoms with Crippen molar-refractivity contribution in [3.05, 3.63) is 34.4 Å². The quantitative estimate of drug-likeness (QED) is 0.608. The van der Waals surface area contributed by atoms with Crippen LogP contribution in [0.25, 0.3) is 0 Å². The molecule has 0 saturated carbocycles. The maximum absolute atomic E-state index is 5.75. The molecule has 1 aromatic carbocycles. The lowest BCUT2D eigenvalue weighted by Crippen LogP contribution is -2.20. The van der Waals surface area contributed by atoms with Gasteiger partial charge in [-0.05, 0) is 43.0 Å². The van der Waals surface area contributed by atoms with Crippen LogP contribution in [0.5, 0.6) is 0 Å². The van der Waals surface area contributed by atoms with Gasteiger partial charge >= 0.3 is 0 Å². The Bertz CT molecular complexity index is 319. The van der Waals surface area contributed by atoms with Gasteiger partial charge in [0.05, 0.1) is 12.7 Å². The van der Waals surface area contributed by atoms with Crippen molar-refractivity contribution in [1.29, 1.82) is 0 Å². The van der Waals surface area contributed by atoms with Crippen LogP contribution in [0.1, 0.15) is 48.1 Å². The number of ether oxygens (including phenoxy) is 1. The molecule has 1 aliphatic rings. The van der Waals surface area contributed by atoms with E-state index >= 15 is 0 Å². The second kappa shape index (κ2) is 3.39. The zero-order valence-electron chi connectivity index (χ0n) is 9.42. The number of fused-ring (bicyclic) bond motifs is 1. The van der Waals surface area contributed by atoms with E-state index in [0.717, 1.165) is 6.61 Å². The number of aryl methyl sites for hydroxylation is 2. The van der Waals surface area contributed by atoms with Gasteiger partial charge in [0.2, 0.25) is 0 Å². The Morgan fingerprint density at radius 3 is 2.21 bits per heavy atom. The summed E-state index contributed by atoms with van der Waals surface area (Å²) < 4.78 is 5.75. The first kappa shape index (κ1) is 9.72. The highest BCUT2D eigenvalue weighted by molar-refractivity contribution is 5.44. The van der Waals surface area contributed by atoms with Crippen LogP contribution in [0.4, 0.5) is 0 Å². The molecular formula is C13H18O. The summed E-state index contributed by atoms with van der Waals surface area (Å²) in [5, 5.41) is 0. The van der Waals surface area contributed by atoms with Gasteiger partial charge in [0.25, 0.3) is 0 Å². The monoisotopic (exact) mass is 190 g/mol. The zero-order valence-corrected chi connectivity index (χ0v) is 9.42. The maximum atomic E-state index is 5.75. The van der Waals surface area contributed by atoms with E-state index < -0.39 is 0 Å². The summed E-state index contributed by atoms with van der Waals surface area (Å²) in [4.78, 5) is 0. The van der Waals surface area contributed by atoms with E-state index in [0.29, 0.717) is 5.92 Å². The minimum Gasteiger partial charge on any atom is -0.373 e. The summed E-state index contributed by atoms with van der Waals surface area (Å²) in [6, 6.07) is 4.43. The first-order valence-corrected chi connectivity index (χ1v) is 5.33. The number of hydrogen-bond acceptors (Lipinski definition) is 1. The van der Waals surface area contributed by atoms with Crippen LogP contribution in [0, 0.1) is 13.8 Å². The van der Waals surface area contributed by atoms with Gasteiger partial charge in [-0.3, -0.25) is 0 Å². The molecule has 1 heteroatoms. The van der Waals surface area contributed by atoms with Crippen LogP contribution in [0.3, 0.4) is 0 Å². The number of hydrogen-bond donors (Lipinski definition) is 0. The van der Waals surface area contributed by atoms with Gasteiger partial charge in [-0.15, -0.1) is 0 Å². The molecule has 14 heavy (non-hydrogen) atoms. The van der Waals surface area contributed by atoms with E-state index in [-0.39, 0.29) is 6.10 Å². The average molecular weight is 190 g/mol. The molecule has 0 N–H and O–H groups in total. The van der Waals surface area contributed by atoms with E-state index in [1.165, 1.54) is 22.3 Å². The van der Waals surface area contributed by atoms with Crippen LogP contribution < -0.4 is 0 Å². The van der Waals surface area contributed by atoms with E-state index in [1.54, 1.807) is 0 Å². The SMILES string of the molecule is Cc1ccc(C)c2c1C(C)COC2C. The Labute approximate surface area is 86.1 Å². The first-order chi connectivity index (χ1) is 6.61. The molecule has 2 unspecified atom stereocenters. The lowest BCUT2D eigenvalue weighted by Gasteiger charge is -2.31. The standard InChI is InChI=1S/C13H18O/c1-8-5-6-9(2)13-11(4)14-7-10(3)12(8)13/h5-6,10-11H,7H2,1-4H3. The third-order valence-corrected chi connectivity index (χ3v) is 3.22. The molecule has 1 aromatic rings. The summed E-state index contributed by atoms with van der Waals surface area (Å²) in [6.07, 6.45) is 0.265. The predicted octanol–water partition coefficient (Wildman–Crippen LogP) is 3.50. The number of benzene rings is 1. The summed E-state index contributed by atoms with van der Waals surface area (Å²) in [5.74, 6) is 0.543. The Kier molecular flexibility index (Phi) is 2.36. The molecule has 2 rings (SSSR count). The van der Waals surface area contributed by atoms with Gasteiger partial charge in [0.1, 0.15) is 0 Å². The van der Waals surface area contributed by atoms with Crippen molar-refractivity contribution < 1.29 is 4.74 Å². The van der Waals surface area contributed by atoms with Crippen LogP contribution in [-0.4, -0.2) is 6.61 Å². The van der Waals surface area contributed by atoms with Gasteiger partial charge in [-0.25, -0.2) is 0 Å². The normalized spacial score (nSPS) is 26.0. The molecule has 1 aliphatic heterocycles. The Balaban J connectivity index is 2.65. The van der Waals surface area contributed by atoms with Crippen LogP contribution in [-0.2, 0) is 4.74 Å². The molecule has 0 amide bonds. The molecule has 76 valence electrons. The molecule has 0 radical (unpaired) electrons. The van der Waals surface area contributed by atoms with Gasteiger partial charge in [0.15, 0.2) is 0 Å². The Morgan fingerprint density at radius 1 is 1.07 bits per heavy atom. The second-order valence-corrected chi connectivity index (χ2v) is 4.40. The second-order valence-electron chi connectivity index (χ2n) is 4.40. The fraction of sp³-hybridized carbons (Fsp3) is 0.538. The highest BCUT2D eigenvalue weighted by atomic mass is 16.5. The molecule has 0 fully saturated rings. The van der Waals surface area contributed by atoms with Crippen molar-refractivity contribution in [2.24, 2.45) is 0 Å². The lowest BCUT2D eigenvalue weighted by molar-refractivity contribution is 0.0422. The Hall–Kier alpha value is -0.820. The molecule has 0 spiro atoms. The molecule has 0 aliphatic carbocycles. The molecule has 0 aromatic heterocycles. The van der Waals surface area contributed by atoms with Gasteiger partial charge < -0.3 is 4.74 Å². The third kappa shape index (κ3) is 1.36. The van der Waals surface area contributed by atoms with Crippen LogP contribution in [0.2, 0.25) is 0 Å². The number of rotatable bonds is 0. The van der Waals surface area contributed by atoms with Crippen molar-refractivity contribution >= 4 is 0 Å². The fourth-order valence-corrected chi connectivity index (χ4v) is 2.50. The topological polar surface area (TPSA) is 9.23 Å². The van der Waals surface area contributed by atoms with Crippen molar-refractivity contribution in [2.45, 2.75) is 39.7 Å². The molecule has 0 saturated heterocycles. The van der Waals surface area contributed by atoms with Gasteiger partial charge in [-0.2, -0.15) is 0 Å². The summed E-state index contributed by atoms with van der Waals surface area (Å²) in [7, 11) is 0. The predicted molar refractivity (Wildman–Crippen MR) is 58.7 cm³/mol. The van der Waals surface area contributed by atoms with Crippen molar-refractivity contribution in [1.82, 2.24) is 0 Å². The highest BCUT2D eigenvalue weighted by Gasteiger charge is 2.25. The first-order valence-electron chi connectivity index (χ1n) is 5.33. The summed E-state index contributed by atoms with van der Waals surface area (Å²) in [5.41, 5.74) is 5.71. The van der Waals surface area contributed by atoms with Crippen LogP contribution >= 0.6 is 0 Å². The van der Waals surface area contributed by atoms with Crippen molar-refractivity contribution in [2.75, 3.05) is 6.61 Å². The van der Waals surface area contributed by atoms with Crippen LogP contribution in [0.15, 0.2) is 12.1 Å². The van der Waals surface area contributed by atoms with E-state index in [9.17, 15) is 0 Å². The van der Waals surface area contributed by atoms with E-state index in [2.05, 4.69) is 39.8 Å². The molecule has 1 heterocycles. The zero-order chi connectivity index (χ0) is 10.3. The minimum atomic E-state index is 0.265. The van der Waals surface area contributed by atoms with Gasteiger partial charge in [-0.1, -0.05) is 19.1 Å². The molecular weight excluding hydrogens is 172 g/mol. The van der Waals surface area contributed by atoms with Crippen molar-refractivity contribution in [3.63, 3.8) is 0 Å². The fourth-order valence-electron chi connectivity index (χ4n) is 2.50. The third-order valence-electron chi connectivity index (χ3n) is 3.22. The van der Waals surface area contributed by atoms with Crippen molar-refractivity contribution in [3.8, 4) is 0 Å². The summed E-state index contributed by atoms with van der Waals surface area (Å²) in [6.45, 7) is 9.63. The van der Waals surface area contributed by atoms with Gasteiger partial charge in [0, 0.05) is 5.92 Å². The maximum Gasteiger partial charge on any atom is 0.0802 e. The van der Waals surface area contributed by atoms with E-state index in [4.69, 9.17) is 4.74 Å². The summed E-state index contributed by atoms with van der Waals surface area (Å²) >= 11 is 0. The average Bonchev–Trinajstić information content (AvgIpc) is 2.16. The molecule has 1 nitrogen and oxygen atoms in total. The lowest BCUT2D eigenvalue weighted by atomic mass is 9.85. The largest absolute Gasteiger partial charge is 0.373 e.